The number of carbonyl (C=O) groups is 1. The Hall–Kier alpha value is -0.100. The molecule has 1 aromatic carbocycles. The fourth-order valence-corrected chi connectivity index (χ4v) is 2.89. The maximum Gasteiger partial charge on any atom is 0.253 e. The topological polar surface area (TPSA) is 20.3 Å². The van der Waals surface area contributed by atoms with Gasteiger partial charge in [-0.3, -0.25) is 4.79 Å². The quantitative estimate of drug-likeness (QED) is 0.618. The first kappa shape index (κ1) is 14.3. The van der Waals surface area contributed by atoms with Crippen LogP contribution in [0.5, 0.6) is 0 Å². The maximum absolute atomic E-state index is 12.4. The number of hydrogen-bond donors (Lipinski definition) is 0. The minimum absolute atomic E-state index is 0.163. The molecule has 1 amide bonds. The van der Waals surface area contributed by atoms with Crippen LogP contribution in [-0.4, -0.2) is 23.9 Å². The standard InChI is InChI=1S/C14H17BrINO/c1-14(2)5-7-17(8-6-14)13(18)10-3-4-11(15)12(16)9-10/h3-4,9H,5-8H2,1-2H3. The molecule has 4 heteroatoms. The summed E-state index contributed by atoms with van der Waals surface area (Å²) in [5.41, 5.74) is 1.17. The van der Waals surface area contributed by atoms with Crippen molar-refractivity contribution in [3.63, 3.8) is 0 Å². The van der Waals surface area contributed by atoms with Crippen molar-refractivity contribution in [2.75, 3.05) is 13.1 Å². The lowest BCUT2D eigenvalue weighted by molar-refractivity contribution is 0.0630. The third-order valence-electron chi connectivity index (χ3n) is 3.57. The molecule has 0 unspecified atom stereocenters. The van der Waals surface area contributed by atoms with E-state index < -0.39 is 0 Å². The van der Waals surface area contributed by atoms with Gasteiger partial charge < -0.3 is 4.90 Å². The molecule has 98 valence electrons. The highest BCUT2D eigenvalue weighted by Crippen LogP contribution is 2.30. The molecule has 0 bridgehead atoms. The van der Waals surface area contributed by atoms with Crippen LogP contribution in [0.25, 0.3) is 0 Å². The fraction of sp³-hybridized carbons (Fsp3) is 0.500. The lowest BCUT2D eigenvalue weighted by Crippen LogP contribution is -2.41. The first-order valence-corrected chi connectivity index (χ1v) is 8.01. The van der Waals surface area contributed by atoms with Crippen LogP contribution in [0.15, 0.2) is 22.7 Å². The Morgan fingerprint density at radius 3 is 2.50 bits per heavy atom. The predicted octanol–water partition coefficient (Wildman–Crippen LogP) is 4.32. The van der Waals surface area contributed by atoms with E-state index in [0.717, 1.165) is 39.5 Å². The molecule has 1 aliphatic rings. The highest BCUT2D eigenvalue weighted by molar-refractivity contribution is 14.1. The number of likely N-dealkylation sites (tertiary alicyclic amines) is 1. The van der Waals surface area contributed by atoms with Crippen molar-refractivity contribution >= 4 is 44.4 Å². The van der Waals surface area contributed by atoms with Gasteiger partial charge in [0.05, 0.1) is 0 Å². The molecule has 0 aromatic heterocycles. The van der Waals surface area contributed by atoms with Crippen molar-refractivity contribution in [1.82, 2.24) is 4.90 Å². The number of carbonyl (C=O) groups excluding carboxylic acids is 1. The summed E-state index contributed by atoms with van der Waals surface area (Å²) in [7, 11) is 0. The molecule has 0 radical (unpaired) electrons. The molecule has 1 heterocycles. The Kier molecular flexibility index (Phi) is 4.36. The van der Waals surface area contributed by atoms with Crippen molar-refractivity contribution in [3.8, 4) is 0 Å². The Balaban J connectivity index is 2.10. The van der Waals surface area contributed by atoms with Crippen molar-refractivity contribution in [3.05, 3.63) is 31.8 Å². The highest BCUT2D eigenvalue weighted by Gasteiger charge is 2.28. The van der Waals surface area contributed by atoms with Gasteiger partial charge in [-0.15, -0.1) is 0 Å². The maximum atomic E-state index is 12.4. The van der Waals surface area contributed by atoms with Crippen molar-refractivity contribution < 1.29 is 4.79 Å². The fourth-order valence-electron chi connectivity index (χ4n) is 2.13. The first-order valence-electron chi connectivity index (χ1n) is 6.13. The second-order valence-corrected chi connectivity index (χ2v) is 7.60. The van der Waals surface area contributed by atoms with Gasteiger partial charge in [-0.2, -0.15) is 0 Å². The summed E-state index contributed by atoms with van der Waals surface area (Å²) >= 11 is 5.70. The van der Waals surface area contributed by atoms with Crippen LogP contribution in [0.2, 0.25) is 0 Å². The van der Waals surface area contributed by atoms with E-state index in [0.29, 0.717) is 5.41 Å². The Labute approximate surface area is 130 Å². The van der Waals surface area contributed by atoms with Crippen molar-refractivity contribution in [2.24, 2.45) is 5.41 Å². The number of benzene rings is 1. The van der Waals surface area contributed by atoms with Gasteiger partial charge in [0.15, 0.2) is 0 Å². The average Bonchev–Trinajstić information content (AvgIpc) is 2.32. The smallest absolute Gasteiger partial charge is 0.253 e. The number of hydrogen-bond acceptors (Lipinski definition) is 1. The molecule has 0 N–H and O–H groups in total. The minimum atomic E-state index is 0.163. The summed E-state index contributed by atoms with van der Waals surface area (Å²) in [6.07, 6.45) is 2.18. The van der Waals surface area contributed by atoms with E-state index in [4.69, 9.17) is 0 Å². The molecule has 0 atom stereocenters. The van der Waals surface area contributed by atoms with Gasteiger partial charge in [0, 0.05) is 26.7 Å². The van der Waals surface area contributed by atoms with Crippen molar-refractivity contribution in [2.45, 2.75) is 26.7 Å². The Morgan fingerprint density at radius 2 is 1.94 bits per heavy atom. The molecule has 0 aliphatic carbocycles. The number of halogens is 2. The molecule has 0 spiro atoms. The number of nitrogens with zero attached hydrogens (tertiary/aromatic N) is 1. The van der Waals surface area contributed by atoms with E-state index in [9.17, 15) is 4.79 Å². The number of amides is 1. The van der Waals surface area contributed by atoms with Gasteiger partial charge in [0.1, 0.15) is 0 Å². The van der Waals surface area contributed by atoms with Crippen LogP contribution >= 0.6 is 38.5 Å². The zero-order chi connectivity index (χ0) is 13.3. The lowest BCUT2D eigenvalue weighted by atomic mass is 9.82. The number of rotatable bonds is 1. The van der Waals surface area contributed by atoms with E-state index in [2.05, 4.69) is 52.4 Å². The van der Waals surface area contributed by atoms with E-state index in [-0.39, 0.29) is 5.91 Å². The molecule has 1 aromatic rings. The minimum Gasteiger partial charge on any atom is -0.339 e. The summed E-state index contributed by atoms with van der Waals surface area (Å²) < 4.78 is 2.12. The van der Waals surface area contributed by atoms with E-state index in [1.807, 2.05) is 23.1 Å². The van der Waals surface area contributed by atoms with E-state index in [1.54, 1.807) is 0 Å². The molecule has 1 aliphatic heterocycles. The predicted molar refractivity (Wildman–Crippen MR) is 85.8 cm³/mol. The van der Waals surface area contributed by atoms with Gasteiger partial charge in [-0.1, -0.05) is 13.8 Å². The zero-order valence-corrected chi connectivity index (χ0v) is 14.4. The number of piperidine rings is 1. The van der Waals surface area contributed by atoms with Crippen LogP contribution in [0.4, 0.5) is 0 Å². The normalized spacial score (nSPS) is 18.8. The zero-order valence-electron chi connectivity index (χ0n) is 10.7. The van der Waals surface area contributed by atoms with Crippen LogP contribution < -0.4 is 0 Å². The van der Waals surface area contributed by atoms with E-state index in [1.165, 1.54) is 0 Å². The molecule has 0 saturated carbocycles. The summed E-state index contributed by atoms with van der Waals surface area (Å²) in [5, 5.41) is 0. The largest absolute Gasteiger partial charge is 0.339 e. The van der Waals surface area contributed by atoms with Gasteiger partial charge >= 0.3 is 0 Å². The summed E-state index contributed by atoms with van der Waals surface area (Å²) in [5.74, 6) is 0.163. The highest BCUT2D eigenvalue weighted by atomic mass is 127. The Morgan fingerprint density at radius 1 is 1.33 bits per heavy atom. The summed E-state index contributed by atoms with van der Waals surface area (Å²) in [4.78, 5) is 14.4. The summed E-state index contributed by atoms with van der Waals surface area (Å²) in [6, 6.07) is 5.80. The van der Waals surface area contributed by atoms with Gasteiger partial charge in [-0.25, -0.2) is 0 Å². The molecular formula is C14H17BrINO. The first-order chi connectivity index (χ1) is 8.39. The van der Waals surface area contributed by atoms with Crippen LogP contribution in [0.3, 0.4) is 0 Å². The molecule has 2 nitrogen and oxygen atoms in total. The second kappa shape index (κ2) is 5.49. The van der Waals surface area contributed by atoms with Gasteiger partial charge in [0.2, 0.25) is 0 Å². The van der Waals surface area contributed by atoms with Gasteiger partial charge in [0.25, 0.3) is 5.91 Å². The summed E-state index contributed by atoms with van der Waals surface area (Å²) in [6.45, 7) is 6.30. The molecule has 2 rings (SSSR count). The molecule has 1 saturated heterocycles. The van der Waals surface area contributed by atoms with Crippen LogP contribution in [0.1, 0.15) is 37.0 Å². The third kappa shape index (κ3) is 3.26. The SMILES string of the molecule is CC1(C)CCN(C(=O)c2ccc(Br)c(I)c2)CC1. The average molecular weight is 422 g/mol. The second-order valence-electron chi connectivity index (χ2n) is 5.59. The molecular weight excluding hydrogens is 405 g/mol. The third-order valence-corrected chi connectivity index (χ3v) is 5.90. The monoisotopic (exact) mass is 421 g/mol. The molecule has 1 fully saturated rings. The van der Waals surface area contributed by atoms with E-state index >= 15 is 0 Å². The Bertz CT molecular complexity index is 463. The van der Waals surface area contributed by atoms with Crippen molar-refractivity contribution in [1.29, 1.82) is 0 Å². The van der Waals surface area contributed by atoms with Crippen LogP contribution in [-0.2, 0) is 0 Å². The lowest BCUT2D eigenvalue weighted by Gasteiger charge is -2.37. The molecule has 18 heavy (non-hydrogen) atoms. The van der Waals surface area contributed by atoms with Gasteiger partial charge in [-0.05, 0) is 75.0 Å². The van der Waals surface area contributed by atoms with Crippen LogP contribution in [0, 0.1) is 8.99 Å².